The van der Waals surface area contributed by atoms with Crippen molar-refractivity contribution in [3.05, 3.63) is 48.3 Å². The summed E-state index contributed by atoms with van der Waals surface area (Å²) < 4.78 is 7.15. The van der Waals surface area contributed by atoms with Gasteiger partial charge in [0.2, 0.25) is 0 Å². The molecule has 7 nitrogen and oxygen atoms in total. The quantitative estimate of drug-likeness (QED) is 0.480. The maximum Gasteiger partial charge on any atom is 0.328 e. The van der Waals surface area contributed by atoms with Crippen LogP contribution in [-0.2, 0) is 16.1 Å². The van der Waals surface area contributed by atoms with E-state index < -0.39 is 5.60 Å². The standard InChI is InChI=1S/C20H29N5O2/c1-6-21-19(22-13-18(26)27-20(2,3)4)24(5)14-16-12-23-25(15-16)17-10-8-7-9-11-17/h7-12,15H,6,13-14H2,1-5H3,(H,21,22). The third kappa shape index (κ3) is 6.77. The SMILES string of the molecule is CCNC(=NCC(=O)OC(C)(C)C)N(C)Cc1cnn(-c2ccccc2)c1. The fraction of sp³-hybridized carbons (Fsp3) is 0.450. The van der Waals surface area contributed by atoms with Crippen LogP contribution in [0.3, 0.4) is 0 Å². The number of rotatable bonds is 6. The molecule has 0 bridgehead atoms. The number of ether oxygens (including phenoxy) is 1. The number of nitrogens with one attached hydrogen (secondary N) is 1. The van der Waals surface area contributed by atoms with Crippen molar-refractivity contribution in [2.24, 2.45) is 4.99 Å². The van der Waals surface area contributed by atoms with E-state index in [4.69, 9.17) is 4.74 Å². The molecule has 0 atom stereocenters. The number of aliphatic imine (C=N–C) groups is 1. The molecule has 0 spiro atoms. The Morgan fingerprint density at radius 1 is 1.30 bits per heavy atom. The summed E-state index contributed by atoms with van der Waals surface area (Å²) in [7, 11) is 1.93. The second-order valence-electron chi connectivity index (χ2n) is 7.24. The van der Waals surface area contributed by atoms with E-state index in [1.54, 1.807) is 0 Å². The second kappa shape index (κ2) is 9.21. The van der Waals surface area contributed by atoms with Crippen LogP contribution in [0.2, 0.25) is 0 Å². The Hall–Kier alpha value is -2.83. The molecule has 27 heavy (non-hydrogen) atoms. The molecule has 1 aromatic heterocycles. The van der Waals surface area contributed by atoms with Crippen LogP contribution in [0.15, 0.2) is 47.7 Å². The van der Waals surface area contributed by atoms with Crippen LogP contribution in [-0.4, -0.2) is 52.3 Å². The Labute approximate surface area is 161 Å². The Balaban J connectivity index is 2.02. The van der Waals surface area contributed by atoms with Gasteiger partial charge in [-0.25, -0.2) is 9.67 Å². The normalized spacial score (nSPS) is 12.0. The van der Waals surface area contributed by atoms with Crippen LogP contribution < -0.4 is 5.32 Å². The highest BCUT2D eigenvalue weighted by atomic mass is 16.6. The van der Waals surface area contributed by atoms with E-state index in [0.717, 1.165) is 11.3 Å². The molecule has 0 saturated carbocycles. The predicted octanol–water partition coefficient (Wildman–Crippen LogP) is 2.61. The van der Waals surface area contributed by atoms with Gasteiger partial charge in [-0.2, -0.15) is 5.10 Å². The Kier molecular flexibility index (Phi) is 6.98. The lowest BCUT2D eigenvalue weighted by Crippen LogP contribution is -2.39. The predicted molar refractivity (Wildman–Crippen MR) is 107 cm³/mol. The van der Waals surface area contributed by atoms with Crippen molar-refractivity contribution in [2.75, 3.05) is 20.1 Å². The fourth-order valence-electron chi connectivity index (χ4n) is 2.50. The highest BCUT2D eigenvalue weighted by Gasteiger charge is 2.16. The van der Waals surface area contributed by atoms with Crippen LogP contribution in [0, 0.1) is 0 Å². The zero-order chi connectivity index (χ0) is 19.9. The third-order valence-electron chi connectivity index (χ3n) is 3.55. The number of benzene rings is 1. The van der Waals surface area contributed by atoms with Gasteiger partial charge in [0.15, 0.2) is 5.96 Å². The number of nitrogens with zero attached hydrogens (tertiary/aromatic N) is 4. The Morgan fingerprint density at radius 2 is 2.00 bits per heavy atom. The number of para-hydroxylation sites is 1. The average molecular weight is 371 g/mol. The molecule has 0 unspecified atom stereocenters. The van der Waals surface area contributed by atoms with Crippen molar-refractivity contribution in [3.63, 3.8) is 0 Å². The summed E-state index contributed by atoms with van der Waals surface area (Å²) in [4.78, 5) is 18.3. The van der Waals surface area contributed by atoms with Gasteiger partial charge in [-0.1, -0.05) is 18.2 Å². The molecule has 1 heterocycles. The van der Waals surface area contributed by atoms with Crippen molar-refractivity contribution >= 4 is 11.9 Å². The van der Waals surface area contributed by atoms with Gasteiger partial charge in [-0.3, -0.25) is 4.79 Å². The van der Waals surface area contributed by atoms with Crippen LogP contribution in [0.4, 0.5) is 0 Å². The van der Waals surface area contributed by atoms with E-state index >= 15 is 0 Å². The summed E-state index contributed by atoms with van der Waals surface area (Å²) in [5, 5.41) is 7.62. The van der Waals surface area contributed by atoms with Gasteiger partial charge in [0.1, 0.15) is 12.1 Å². The van der Waals surface area contributed by atoms with Gasteiger partial charge in [-0.15, -0.1) is 0 Å². The highest BCUT2D eigenvalue weighted by Crippen LogP contribution is 2.10. The van der Waals surface area contributed by atoms with Gasteiger partial charge in [0.05, 0.1) is 11.9 Å². The van der Waals surface area contributed by atoms with Crippen LogP contribution in [0.5, 0.6) is 0 Å². The van der Waals surface area contributed by atoms with Gasteiger partial charge in [0, 0.05) is 31.9 Å². The first-order valence-corrected chi connectivity index (χ1v) is 9.09. The number of aromatic nitrogens is 2. The molecule has 0 aliphatic heterocycles. The van der Waals surface area contributed by atoms with Gasteiger partial charge in [-0.05, 0) is 39.8 Å². The summed E-state index contributed by atoms with van der Waals surface area (Å²) in [5.74, 6) is 0.305. The first-order chi connectivity index (χ1) is 12.8. The van der Waals surface area contributed by atoms with Crippen molar-refractivity contribution in [2.45, 2.75) is 39.8 Å². The Morgan fingerprint density at radius 3 is 2.63 bits per heavy atom. The summed E-state index contributed by atoms with van der Waals surface area (Å²) in [6.07, 6.45) is 3.82. The minimum atomic E-state index is -0.511. The lowest BCUT2D eigenvalue weighted by Gasteiger charge is -2.22. The highest BCUT2D eigenvalue weighted by molar-refractivity contribution is 5.83. The summed E-state index contributed by atoms with van der Waals surface area (Å²) >= 11 is 0. The summed E-state index contributed by atoms with van der Waals surface area (Å²) in [5.41, 5.74) is 1.55. The number of carbonyl (C=O) groups excluding carboxylic acids is 1. The van der Waals surface area contributed by atoms with Crippen LogP contribution in [0.1, 0.15) is 33.3 Å². The fourth-order valence-corrected chi connectivity index (χ4v) is 2.50. The van der Waals surface area contributed by atoms with Crippen LogP contribution >= 0.6 is 0 Å². The van der Waals surface area contributed by atoms with Gasteiger partial charge < -0.3 is 15.0 Å². The topological polar surface area (TPSA) is 71.8 Å². The number of hydrogen-bond donors (Lipinski definition) is 1. The molecule has 0 saturated heterocycles. The molecule has 1 N–H and O–H groups in total. The summed E-state index contributed by atoms with van der Waals surface area (Å²) in [6, 6.07) is 9.95. The first kappa shape index (κ1) is 20.5. The number of esters is 1. The Bertz CT molecular complexity index is 762. The maximum atomic E-state index is 11.9. The van der Waals surface area contributed by atoms with E-state index in [1.807, 2.05) is 87.0 Å². The van der Waals surface area contributed by atoms with E-state index in [0.29, 0.717) is 19.0 Å². The minimum absolute atomic E-state index is 0.0206. The number of hydrogen-bond acceptors (Lipinski definition) is 4. The minimum Gasteiger partial charge on any atom is -0.459 e. The van der Waals surface area contributed by atoms with Crippen molar-refractivity contribution in [1.29, 1.82) is 0 Å². The average Bonchev–Trinajstić information content (AvgIpc) is 3.06. The molecule has 7 heteroatoms. The third-order valence-corrected chi connectivity index (χ3v) is 3.55. The molecule has 0 amide bonds. The van der Waals surface area contributed by atoms with E-state index in [1.165, 1.54) is 0 Å². The van der Waals surface area contributed by atoms with Crippen molar-refractivity contribution in [1.82, 2.24) is 20.0 Å². The molecular weight excluding hydrogens is 342 g/mol. The van der Waals surface area contributed by atoms with Gasteiger partial charge >= 0.3 is 5.97 Å². The molecule has 1 aromatic carbocycles. The maximum absolute atomic E-state index is 11.9. The molecule has 0 fully saturated rings. The van der Waals surface area contributed by atoms with Crippen molar-refractivity contribution in [3.8, 4) is 5.69 Å². The van der Waals surface area contributed by atoms with Crippen molar-refractivity contribution < 1.29 is 9.53 Å². The van der Waals surface area contributed by atoms with E-state index in [-0.39, 0.29) is 12.5 Å². The molecular formula is C20H29N5O2. The largest absolute Gasteiger partial charge is 0.459 e. The lowest BCUT2D eigenvalue weighted by molar-refractivity contribution is -0.152. The number of carbonyl (C=O) groups is 1. The van der Waals surface area contributed by atoms with Crippen LogP contribution in [0.25, 0.3) is 5.69 Å². The molecule has 0 radical (unpaired) electrons. The zero-order valence-corrected chi connectivity index (χ0v) is 16.8. The lowest BCUT2D eigenvalue weighted by atomic mass is 10.2. The summed E-state index contributed by atoms with van der Waals surface area (Å²) in [6.45, 7) is 8.83. The zero-order valence-electron chi connectivity index (χ0n) is 16.8. The molecule has 0 aliphatic carbocycles. The molecule has 146 valence electrons. The smallest absolute Gasteiger partial charge is 0.328 e. The monoisotopic (exact) mass is 371 g/mol. The second-order valence-corrected chi connectivity index (χ2v) is 7.24. The molecule has 0 aliphatic rings. The first-order valence-electron chi connectivity index (χ1n) is 9.09. The number of guanidine groups is 1. The molecule has 2 aromatic rings. The van der Waals surface area contributed by atoms with E-state index in [2.05, 4.69) is 15.4 Å². The van der Waals surface area contributed by atoms with Gasteiger partial charge in [0.25, 0.3) is 0 Å². The van der Waals surface area contributed by atoms with E-state index in [9.17, 15) is 4.79 Å². The molecule has 2 rings (SSSR count).